The van der Waals surface area contributed by atoms with Crippen LogP contribution < -0.4 is 14.2 Å². The van der Waals surface area contributed by atoms with Gasteiger partial charge in [0.25, 0.3) is 0 Å². The Balaban J connectivity index is 1.83. The summed E-state index contributed by atoms with van der Waals surface area (Å²) in [4.78, 5) is 13.4. The van der Waals surface area contributed by atoms with Crippen molar-refractivity contribution in [3.63, 3.8) is 0 Å². The van der Waals surface area contributed by atoms with Crippen LogP contribution in [-0.4, -0.2) is 35.4 Å². The Kier molecular flexibility index (Phi) is 5.48. The lowest BCUT2D eigenvalue weighted by Crippen LogP contribution is -1.96. The SMILES string of the molecule is COc1cc2nccc(Oc3ccc(SC)nc3-c3cccnc3)c2cc1OC. The summed E-state index contributed by atoms with van der Waals surface area (Å²) >= 11 is 1.58. The second-order valence-electron chi connectivity index (χ2n) is 6.08. The summed E-state index contributed by atoms with van der Waals surface area (Å²) in [5.41, 5.74) is 2.36. The van der Waals surface area contributed by atoms with E-state index in [4.69, 9.17) is 19.2 Å². The van der Waals surface area contributed by atoms with E-state index < -0.39 is 0 Å². The lowest BCUT2D eigenvalue weighted by Gasteiger charge is -2.14. The average Bonchev–Trinajstić information content (AvgIpc) is 2.79. The normalized spacial score (nSPS) is 10.7. The van der Waals surface area contributed by atoms with E-state index in [-0.39, 0.29) is 0 Å². The summed E-state index contributed by atoms with van der Waals surface area (Å²) in [7, 11) is 3.20. The summed E-state index contributed by atoms with van der Waals surface area (Å²) in [6.07, 6.45) is 7.21. The minimum Gasteiger partial charge on any atom is -0.493 e. The van der Waals surface area contributed by atoms with E-state index >= 15 is 0 Å². The smallest absolute Gasteiger partial charge is 0.162 e. The van der Waals surface area contributed by atoms with Crippen molar-refractivity contribution in [1.29, 1.82) is 0 Å². The Morgan fingerprint density at radius 2 is 1.69 bits per heavy atom. The summed E-state index contributed by atoms with van der Waals surface area (Å²) < 4.78 is 17.1. The molecule has 1 aromatic carbocycles. The van der Waals surface area contributed by atoms with Crippen LogP contribution in [-0.2, 0) is 0 Å². The molecule has 0 atom stereocenters. The fourth-order valence-electron chi connectivity index (χ4n) is 2.99. The molecule has 4 aromatic rings. The van der Waals surface area contributed by atoms with Gasteiger partial charge in [0.15, 0.2) is 17.2 Å². The first-order valence-electron chi connectivity index (χ1n) is 8.87. The molecule has 0 radical (unpaired) electrons. The molecule has 0 saturated carbocycles. The van der Waals surface area contributed by atoms with Crippen molar-refractivity contribution in [3.05, 3.63) is 61.1 Å². The fourth-order valence-corrected chi connectivity index (χ4v) is 3.38. The topological polar surface area (TPSA) is 66.4 Å². The van der Waals surface area contributed by atoms with E-state index in [1.807, 2.05) is 48.7 Å². The van der Waals surface area contributed by atoms with Crippen LogP contribution in [0.3, 0.4) is 0 Å². The number of thioether (sulfide) groups is 1. The Bertz CT molecular complexity index is 1150. The molecule has 0 bridgehead atoms. The highest BCUT2D eigenvalue weighted by atomic mass is 32.2. The van der Waals surface area contributed by atoms with E-state index in [0.717, 1.165) is 27.2 Å². The van der Waals surface area contributed by atoms with Gasteiger partial charge in [0.05, 0.1) is 24.8 Å². The third-order valence-corrected chi connectivity index (χ3v) is 5.05. The number of fused-ring (bicyclic) bond motifs is 1. The molecule has 4 rings (SSSR count). The maximum absolute atomic E-state index is 6.31. The Morgan fingerprint density at radius 1 is 0.862 bits per heavy atom. The van der Waals surface area contributed by atoms with Gasteiger partial charge in [-0.05, 0) is 42.7 Å². The van der Waals surface area contributed by atoms with Crippen molar-refractivity contribution in [2.75, 3.05) is 20.5 Å². The van der Waals surface area contributed by atoms with Crippen molar-refractivity contribution in [1.82, 2.24) is 15.0 Å². The Hall–Kier alpha value is -3.32. The molecule has 0 spiro atoms. The van der Waals surface area contributed by atoms with Crippen LogP contribution in [0.15, 0.2) is 66.1 Å². The van der Waals surface area contributed by atoms with Crippen molar-refractivity contribution in [3.8, 4) is 34.3 Å². The molecular formula is C22H19N3O3S. The Morgan fingerprint density at radius 3 is 2.41 bits per heavy atom. The minimum atomic E-state index is 0.612. The van der Waals surface area contributed by atoms with Crippen LogP contribution in [0.1, 0.15) is 0 Å². The van der Waals surface area contributed by atoms with Gasteiger partial charge in [0.2, 0.25) is 0 Å². The lowest BCUT2D eigenvalue weighted by atomic mass is 10.1. The number of aromatic nitrogens is 3. The van der Waals surface area contributed by atoms with Gasteiger partial charge in [0.1, 0.15) is 11.4 Å². The van der Waals surface area contributed by atoms with Crippen LogP contribution >= 0.6 is 11.8 Å². The quantitative estimate of drug-likeness (QED) is 0.407. The van der Waals surface area contributed by atoms with Gasteiger partial charge >= 0.3 is 0 Å². The van der Waals surface area contributed by atoms with E-state index in [1.165, 1.54) is 0 Å². The lowest BCUT2D eigenvalue weighted by molar-refractivity contribution is 0.355. The number of pyridine rings is 3. The number of hydrogen-bond acceptors (Lipinski definition) is 7. The second kappa shape index (κ2) is 8.36. The Labute approximate surface area is 172 Å². The molecule has 0 amide bonds. The van der Waals surface area contributed by atoms with Crippen molar-refractivity contribution < 1.29 is 14.2 Å². The third-order valence-electron chi connectivity index (χ3n) is 4.40. The minimum absolute atomic E-state index is 0.612. The van der Waals surface area contributed by atoms with Gasteiger partial charge in [-0.15, -0.1) is 11.8 Å². The predicted molar refractivity (Wildman–Crippen MR) is 114 cm³/mol. The first kappa shape index (κ1) is 19.0. The predicted octanol–water partition coefficient (Wildman–Crippen LogP) is 5.22. The van der Waals surface area contributed by atoms with E-state index in [1.54, 1.807) is 44.6 Å². The van der Waals surface area contributed by atoms with Gasteiger partial charge in [-0.1, -0.05) is 0 Å². The number of hydrogen-bond donors (Lipinski definition) is 0. The summed E-state index contributed by atoms with van der Waals surface area (Å²) in [5, 5.41) is 1.72. The molecule has 0 aliphatic carbocycles. The second-order valence-corrected chi connectivity index (χ2v) is 6.90. The molecular weight excluding hydrogens is 386 g/mol. The van der Waals surface area contributed by atoms with Gasteiger partial charge in [-0.2, -0.15) is 0 Å². The van der Waals surface area contributed by atoms with Gasteiger partial charge < -0.3 is 14.2 Å². The average molecular weight is 405 g/mol. The largest absolute Gasteiger partial charge is 0.493 e. The van der Waals surface area contributed by atoms with Crippen LogP contribution in [0.5, 0.6) is 23.0 Å². The number of nitrogens with zero attached hydrogens (tertiary/aromatic N) is 3. The molecule has 7 heteroatoms. The highest BCUT2D eigenvalue weighted by Gasteiger charge is 2.15. The van der Waals surface area contributed by atoms with Crippen molar-refractivity contribution >= 4 is 22.7 Å². The molecule has 0 aliphatic heterocycles. The highest BCUT2D eigenvalue weighted by molar-refractivity contribution is 7.98. The molecule has 0 unspecified atom stereocenters. The third kappa shape index (κ3) is 3.82. The molecule has 0 saturated heterocycles. The van der Waals surface area contributed by atoms with Gasteiger partial charge in [0, 0.05) is 35.6 Å². The van der Waals surface area contributed by atoms with E-state index in [9.17, 15) is 0 Å². The number of benzene rings is 1. The molecule has 3 heterocycles. The monoisotopic (exact) mass is 405 g/mol. The van der Waals surface area contributed by atoms with Crippen LogP contribution in [0, 0.1) is 0 Å². The number of methoxy groups -OCH3 is 2. The van der Waals surface area contributed by atoms with Crippen LogP contribution in [0.25, 0.3) is 22.2 Å². The zero-order chi connectivity index (χ0) is 20.2. The fraction of sp³-hybridized carbons (Fsp3) is 0.136. The van der Waals surface area contributed by atoms with Crippen LogP contribution in [0.4, 0.5) is 0 Å². The number of ether oxygens (including phenoxy) is 3. The first-order valence-corrected chi connectivity index (χ1v) is 10.1. The molecule has 0 aliphatic rings. The van der Waals surface area contributed by atoms with Crippen LogP contribution in [0.2, 0.25) is 0 Å². The zero-order valence-corrected chi connectivity index (χ0v) is 17.1. The summed E-state index contributed by atoms with van der Waals surface area (Å²) in [6.45, 7) is 0. The van der Waals surface area contributed by atoms with E-state index in [0.29, 0.717) is 23.0 Å². The van der Waals surface area contributed by atoms with Gasteiger partial charge in [-0.25, -0.2) is 4.98 Å². The molecule has 0 fully saturated rings. The molecule has 29 heavy (non-hydrogen) atoms. The van der Waals surface area contributed by atoms with Crippen molar-refractivity contribution in [2.45, 2.75) is 5.03 Å². The van der Waals surface area contributed by atoms with Crippen molar-refractivity contribution in [2.24, 2.45) is 0 Å². The molecule has 3 aromatic heterocycles. The standard InChI is InChI=1S/C22H19N3O3S/c1-26-19-11-15-16(12-20(19)27-2)24-10-8-17(15)28-18-6-7-21(29-3)25-22(18)14-5-4-9-23-13-14/h4-13H,1-3H3. The van der Waals surface area contributed by atoms with E-state index in [2.05, 4.69) is 9.97 Å². The number of rotatable bonds is 6. The zero-order valence-electron chi connectivity index (χ0n) is 16.2. The molecule has 6 nitrogen and oxygen atoms in total. The molecule has 146 valence electrons. The summed E-state index contributed by atoms with van der Waals surface area (Å²) in [5.74, 6) is 2.52. The maximum atomic E-state index is 6.31. The molecule has 0 N–H and O–H groups in total. The highest BCUT2D eigenvalue weighted by Crippen LogP contribution is 2.39. The maximum Gasteiger partial charge on any atom is 0.162 e. The van der Waals surface area contributed by atoms with Gasteiger partial charge in [-0.3, -0.25) is 9.97 Å². The summed E-state index contributed by atoms with van der Waals surface area (Å²) in [6, 6.07) is 13.2. The first-order chi connectivity index (χ1) is 14.2.